The van der Waals surface area contributed by atoms with Crippen LogP contribution in [0.1, 0.15) is 23.2 Å². The van der Waals surface area contributed by atoms with Crippen molar-refractivity contribution in [3.05, 3.63) is 42.1 Å². The number of nitrogens with zero attached hydrogens (tertiary/aromatic N) is 3. The van der Waals surface area contributed by atoms with E-state index in [1.807, 2.05) is 30.3 Å². The number of rotatable bonds is 3. The normalized spacial score (nSPS) is 27.6. The number of sulfone groups is 1. The summed E-state index contributed by atoms with van der Waals surface area (Å²) in [6.45, 7) is 2.30. The summed E-state index contributed by atoms with van der Waals surface area (Å²) >= 11 is 0. The third-order valence-electron chi connectivity index (χ3n) is 6.08. The van der Waals surface area contributed by atoms with E-state index in [0.717, 1.165) is 24.0 Å². The standard InChI is InChI=1S/C20H23N3O3S/c24-20(16-9-15-3-1-2-4-17(15)21-10-16)23-8-7-22(11-14-5-6-14)18-12-27(25,26)13-19(18)23/h1-4,9-10,14,18-19H,5-8,11-13H2/t18-,19+/m1/s1. The molecule has 1 aromatic heterocycles. The second kappa shape index (κ2) is 6.27. The van der Waals surface area contributed by atoms with Gasteiger partial charge in [-0.1, -0.05) is 18.2 Å². The first-order chi connectivity index (χ1) is 13.0. The SMILES string of the molecule is O=C(c1cnc2ccccc2c1)N1CCN(CC2CC2)[C@@H]2CS(=O)(=O)C[C@@H]21. The predicted molar refractivity (Wildman–Crippen MR) is 103 cm³/mol. The lowest BCUT2D eigenvalue weighted by Gasteiger charge is -2.44. The molecule has 1 aliphatic carbocycles. The molecular weight excluding hydrogens is 362 g/mol. The summed E-state index contributed by atoms with van der Waals surface area (Å²) < 4.78 is 24.7. The number of carbonyl (C=O) groups is 1. The average Bonchev–Trinajstić information content (AvgIpc) is 3.41. The molecule has 1 amide bonds. The average molecular weight is 385 g/mol. The molecule has 0 bridgehead atoms. The summed E-state index contributed by atoms with van der Waals surface area (Å²) in [6, 6.07) is 9.25. The van der Waals surface area contributed by atoms with E-state index in [2.05, 4.69) is 9.88 Å². The predicted octanol–water partition coefficient (Wildman–Crippen LogP) is 1.57. The molecule has 5 rings (SSSR count). The van der Waals surface area contributed by atoms with Gasteiger partial charge in [-0.15, -0.1) is 0 Å². The minimum atomic E-state index is -3.11. The van der Waals surface area contributed by atoms with Crippen LogP contribution in [-0.2, 0) is 9.84 Å². The molecule has 1 saturated carbocycles. The van der Waals surface area contributed by atoms with Crippen molar-refractivity contribution in [2.24, 2.45) is 5.92 Å². The molecular formula is C20H23N3O3S. The molecule has 6 nitrogen and oxygen atoms in total. The molecule has 1 aromatic carbocycles. The van der Waals surface area contributed by atoms with Gasteiger partial charge in [0.1, 0.15) is 0 Å². The van der Waals surface area contributed by atoms with Crippen molar-refractivity contribution < 1.29 is 13.2 Å². The highest BCUT2D eigenvalue weighted by atomic mass is 32.2. The molecule has 2 aromatic rings. The van der Waals surface area contributed by atoms with Crippen molar-refractivity contribution in [1.82, 2.24) is 14.8 Å². The van der Waals surface area contributed by atoms with E-state index in [9.17, 15) is 13.2 Å². The van der Waals surface area contributed by atoms with Gasteiger partial charge < -0.3 is 4.90 Å². The van der Waals surface area contributed by atoms with E-state index in [0.29, 0.717) is 18.0 Å². The Morgan fingerprint density at radius 2 is 1.89 bits per heavy atom. The molecule has 7 heteroatoms. The van der Waals surface area contributed by atoms with Crippen LogP contribution in [0.15, 0.2) is 36.5 Å². The first kappa shape index (κ1) is 17.1. The third-order valence-corrected chi connectivity index (χ3v) is 7.78. The summed E-state index contributed by atoms with van der Waals surface area (Å²) in [7, 11) is -3.11. The zero-order valence-electron chi connectivity index (χ0n) is 15.1. The molecule has 3 aliphatic rings. The van der Waals surface area contributed by atoms with Gasteiger partial charge in [0, 0.05) is 37.3 Å². The molecule has 0 radical (unpaired) electrons. The molecule has 0 spiro atoms. The maximum Gasteiger partial charge on any atom is 0.255 e. The Morgan fingerprint density at radius 3 is 2.70 bits per heavy atom. The fourth-order valence-electron chi connectivity index (χ4n) is 4.49. The summed E-state index contributed by atoms with van der Waals surface area (Å²) in [5.41, 5.74) is 1.39. The lowest BCUT2D eigenvalue weighted by atomic mass is 10.0. The number of para-hydroxylation sites is 1. The van der Waals surface area contributed by atoms with Crippen LogP contribution in [0.5, 0.6) is 0 Å². The molecule has 142 valence electrons. The van der Waals surface area contributed by atoms with Crippen molar-refractivity contribution in [2.75, 3.05) is 31.1 Å². The summed E-state index contributed by atoms with van der Waals surface area (Å²) in [5, 5.41) is 0.923. The molecule has 2 aliphatic heterocycles. The monoisotopic (exact) mass is 385 g/mol. The third kappa shape index (κ3) is 3.23. The lowest BCUT2D eigenvalue weighted by Crippen LogP contribution is -2.60. The maximum atomic E-state index is 13.2. The first-order valence-electron chi connectivity index (χ1n) is 9.60. The minimum Gasteiger partial charge on any atom is -0.332 e. The van der Waals surface area contributed by atoms with Crippen LogP contribution in [0.4, 0.5) is 0 Å². The van der Waals surface area contributed by atoms with Gasteiger partial charge in [-0.05, 0) is 30.9 Å². The summed E-state index contributed by atoms with van der Waals surface area (Å²) in [6.07, 6.45) is 4.10. The highest BCUT2D eigenvalue weighted by Gasteiger charge is 2.48. The van der Waals surface area contributed by atoms with Crippen molar-refractivity contribution in [1.29, 1.82) is 0 Å². The molecule has 2 saturated heterocycles. The number of amides is 1. The van der Waals surface area contributed by atoms with Gasteiger partial charge in [-0.25, -0.2) is 8.42 Å². The highest BCUT2D eigenvalue weighted by Crippen LogP contribution is 2.34. The summed E-state index contributed by atoms with van der Waals surface area (Å²) in [4.78, 5) is 21.7. The van der Waals surface area contributed by atoms with E-state index < -0.39 is 9.84 Å². The maximum absolute atomic E-state index is 13.2. The van der Waals surface area contributed by atoms with Crippen molar-refractivity contribution in [3.8, 4) is 0 Å². The second-order valence-corrected chi connectivity index (χ2v) is 10.2. The fraction of sp³-hybridized carbons (Fsp3) is 0.500. The van der Waals surface area contributed by atoms with Gasteiger partial charge >= 0.3 is 0 Å². The molecule has 0 N–H and O–H groups in total. The Kier molecular flexibility index (Phi) is 3.98. The molecule has 27 heavy (non-hydrogen) atoms. The van der Waals surface area contributed by atoms with Crippen molar-refractivity contribution >= 4 is 26.6 Å². The van der Waals surface area contributed by atoms with Crippen LogP contribution in [0.25, 0.3) is 10.9 Å². The Bertz CT molecular complexity index is 1000. The zero-order valence-corrected chi connectivity index (χ0v) is 15.9. The number of fused-ring (bicyclic) bond motifs is 2. The van der Waals surface area contributed by atoms with Gasteiger partial charge in [0.25, 0.3) is 5.91 Å². The Labute approximate surface area is 159 Å². The first-order valence-corrected chi connectivity index (χ1v) is 11.4. The van der Waals surface area contributed by atoms with Crippen LogP contribution in [0.3, 0.4) is 0 Å². The van der Waals surface area contributed by atoms with E-state index in [1.165, 1.54) is 12.8 Å². The second-order valence-electron chi connectivity index (χ2n) is 8.07. The van der Waals surface area contributed by atoms with Crippen LogP contribution >= 0.6 is 0 Å². The van der Waals surface area contributed by atoms with Crippen LogP contribution < -0.4 is 0 Å². The van der Waals surface area contributed by atoms with E-state index in [-0.39, 0.29) is 29.5 Å². The molecule has 0 unspecified atom stereocenters. The molecule has 3 fully saturated rings. The van der Waals surface area contributed by atoms with Gasteiger partial charge in [0.05, 0.1) is 28.6 Å². The van der Waals surface area contributed by atoms with Crippen LogP contribution in [0, 0.1) is 5.92 Å². The van der Waals surface area contributed by atoms with Crippen molar-refractivity contribution in [3.63, 3.8) is 0 Å². The number of aromatic nitrogens is 1. The smallest absolute Gasteiger partial charge is 0.255 e. The molecule has 2 atom stereocenters. The van der Waals surface area contributed by atoms with Gasteiger partial charge in [-0.2, -0.15) is 0 Å². The van der Waals surface area contributed by atoms with Gasteiger partial charge in [-0.3, -0.25) is 14.7 Å². The lowest BCUT2D eigenvalue weighted by molar-refractivity contribution is 0.0318. The summed E-state index contributed by atoms with van der Waals surface area (Å²) in [5.74, 6) is 0.850. The quantitative estimate of drug-likeness (QED) is 0.802. The molecule has 3 heterocycles. The van der Waals surface area contributed by atoms with E-state index in [4.69, 9.17) is 0 Å². The van der Waals surface area contributed by atoms with Gasteiger partial charge in [0.15, 0.2) is 9.84 Å². The Hall–Kier alpha value is -1.99. The topological polar surface area (TPSA) is 70.6 Å². The number of piperazine rings is 1. The largest absolute Gasteiger partial charge is 0.332 e. The zero-order chi connectivity index (χ0) is 18.6. The number of benzene rings is 1. The minimum absolute atomic E-state index is 0.0679. The number of pyridine rings is 1. The van der Waals surface area contributed by atoms with Crippen molar-refractivity contribution in [2.45, 2.75) is 24.9 Å². The highest BCUT2D eigenvalue weighted by molar-refractivity contribution is 7.91. The van der Waals surface area contributed by atoms with E-state index in [1.54, 1.807) is 11.1 Å². The Balaban J connectivity index is 1.43. The van der Waals surface area contributed by atoms with Crippen LogP contribution in [0.2, 0.25) is 0 Å². The number of carbonyl (C=O) groups excluding carboxylic acids is 1. The fourth-order valence-corrected chi connectivity index (χ4v) is 6.50. The number of hydrogen-bond donors (Lipinski definition) is 0. The Morgan fingerprint density at radius 1 is 1.11 bits per heavy atom. The van der Waals surface area contributed by atoms with Gasteiger partial charge in [0.2, 0.25) is 0 Å². The number of hydrogen-bond acceptors (Lipinski definition) is 5. The van der Waals surface area contributed by atoms with Crippen LogP contribution in [-0.4, -0.2) is 72.3 Å². The van der Waals surface area contributed by atoms with E-state index >= 15 is 0 Å².